The van der Waals surface area contributed by atoms with Gasteiger partial charge >= 0.3 is 0 Å². The van der Waals surface area contributed by atoms with Gasteiger partial charge in [-0.1, -0.05) is 0 Å². The Labute approximate surface area is 87.7 Å². The first kappa shape index (κ1) is 10.4. The lowest BCUT2D eigenvalue weighted by atomic mass is 10.1. The molecule has 0 aromatic heterocycles. The molecule has 0 aliphatic carbocycles. The molecule has 2 nitrogen and oxygen atoms in total. The molecule has 1 heterocycles. The van der Waals surface area contributed by atoms with Gasteiger partial charge in [-0.3, -0.25) is 0 Å². The van der Waals surface area contributed by atoms with Crippen LogP contribution in [0.1, 0.15) is 12.8 Å². The Morgan fingerprint density at radius 3 is 2.93 bits per heavy atom. The second kappa shape index (κ2) is 4.57. The summed E-state index contributed by atoms with van der Waals surface area (Å²) in [7, 11) is 0. The van der Waals surface area contributed by atoms with Crippen molar-refractivity contribution in [2.75, 3.05) is 18.4 Å². The molecule has 1 atom stereocenters. The van der Waals surface area contributed by atoms with Crippen LogP contribution in [0, 0.1) is 11.6 Å². The van der Waals surface area contributed by atoms with Crippen LogP contribution in [0.25, 0.3) is 0 Å². The van der Waals surface area contributed by atoms with Gasteiger partial charge in [-0.2, -0.15) is 0 Å². The smallest absolute Gasteiger partial charge is 0.146 e. The van der Waals surface area contributed by atoms with Crippen molar-refractivity contribution in [3.8, 4) is 0 Å². The molecular formula is C11H14F2N2. The third-order valence-electron chi connectivity index (χ3n) is 2.58. The summed E-state index contributed by atoms with van der Waals surface area (Å²) in [6.07, 6.45) is 2.05. The van der Waals surface area contributed by atoms with E-state index in [1.807, 2.05) is 0 Å². The fraction of sp³-hybridized carbons (Fsp3) is 0.455. The first-order valence-corrected chi connectivity index (χ1v) is 5.18. The van der Waals surface area contributed by atoms with Crippen molar-refractivity contribution in [1.29, 1.82) is 0 Å². The van der Waals surface area contributed by atoms with Crippen LogP contribution in [-0.4, -0.2) is 19.1 Å². The molecule has 2 rings (SSSR count). The molecule has 1 saturated heterocycles. The fourth-order valence-corrected chi connectivity index (χ4v) is 1.80. The number of benzene rings is 1. The topological polar surface area (TPSA) is 24.1 Å². The van der Waals surface area contributed by atoms with Crippen LogP contribution in [0.5, 0.6) is 0 Å². The Morgan fingerprint density at radius 2 is 2.20 bits per heavy atom. The SMILES string of the molecule is Fc1ccc(F)c(NC2CCCNC2)c1. The lowest BCUT2D eigenvalue weighted by Crippen LogP contribution is -2.38. The van der Waals surface area contributed by atoms with Gasteiger partial charge in [0.25, 0.3) is 0 Å². The number of piperidine rings is 1. The second-order valence-corrected chi connectivity index (χ2v) is 3.81. The maximum absolute atomic E-state index is 13.3. The minimum atomic E-state index is -0.414. The molecule has 0 spiro atoms. The fourth-order valence-electron chi connectivity index (χ4n) is 1.80. The van der Waals surface area contributed by atoms with E-state index in [-0.39, 0.29) is 11.7 Å². The first-order valence-electron chi connectivity index (χ1n) is 5.18. The van der Waals surface area contributed by atoms with Gasteiger partial charge in [0, 0.05) is 12.6 Å². The van der Waals surface area contributed by atoms with E-state index >= 15 is 0 Å². The summed E-state index contributed by atoms with van der Waals surface area (Å²) < 4.78 is 26.2. The minimum Gasteiger partial charge on any atom is -0.379 e. The van der Waals surface area contributed by atoms with E-state index in [0.717, 1.165) is 38.1 Å². The quantitative estimate of drug-likeness (QED) is 0.784. The third-order valence-corrected chi connectivity index (χ3v) is 2.58. The van der Waals surface area contributed by atoms with E-state index in [1.165, 1.54) is 6.07 Å². The number of hydrogen-bond acceptors (Lipinski definition) is 2. The van der Waals surface area contributed by atoms with Crippen molar-refractivity contribution >= 4 is 5.69 Å². The van der Waals surface area contributed by atoms with Crippen molar-refractivity contribution in [2.24, 2.45) is 0 Å². The summed E-state index contributed by atoms with van der Waals surface area (Å²) in [6.45, 7) is 1.81. The van der Waals surface area contributed by atoms with Gasteiger partial charge in [-0.25, -0.2) is 8.78 Å². The summed E-state index contributed by atoms with van der Waals surface area (Å²) in [5, 5.41) is 6.22. The van der Waals surface area contributed by atoms with Crippen molar-refractivity contribution in [2.45, 2.75) is 18.9 Å². The van der Waals surface area contributed by atoms with E-state index in [2.05, 4.69) is 10.6 Å². The highest BCUT2D eigenvalue weighted by Crippen LogP contribution is 2.18. The molecule has 1 aliphatic heterocycles. The Kier molecular flexibility index (Phi) is 3.16. The molecule has 15 heavy (non-hydrogen) atoms. The normalized spacial score (nSPS) is 21.3. The van der Waals surface area contributed by atoms with Crippen LogP contribution in [-0.2, 0) is 0 Å². The van der Waals surface area contributed by atoms with Crippen LogP contribution in [0.15, 0.2) is 18.2 Å². The van der Waals surface area contributed by atoms with Gasteiger partial charge < -0.3 is 10.6 Å². The average Bonchev–Trinajstić information content (AvgIpc) is 2.25. The Morgan fingerprint density at radius 1 is 1.33 bits per heavy atom. The van der Waals surface area contributed by atoms with Gasteiger partial charge in [-0.05, 0) is 37.6 Å². The molecule has 82 valence electrons. The van der Waals surface area contributed by atoms with E-state index < -0.39 is 11.6 Å². The van der Waals surface area contributed by atoms with Gasteiger partial charge in [0.2, 0.25) is 0 Å². The Bertz CT molecular complexity index is 335. The van der Waals surface area contributed by atoms with Crippen molar-refractivity contribution in [3.05, 3.63) is 29.8 Å². The minimum absolute atomic E-state index is 0.190. The zero-order chi connectivity index (χ0) is 10.7. The molecule has 1 aliphatic rings. The molecule has 0 radical (unpaired) electrons. The molecular weight excluding hydrogens is 198 g/mol. The average molecular weight is 212 g/mol. The van der Waals surface area contributed by atoms with Crippen molar-refractivity contribution in [1.82, 2.24) is 5.32 Å². The number of anilines is 1. The van der Waals surface area contributed by atoms with Gasteiger partial charge in [0.05, 0.1) is 5.69 Å². The van der Waals surface area contributed by atoms with E-state index in [0.29, 0.717) is 0 Å². The lowest BCUT2D eigenvalue weighted by molar-refractivity contribution is 0.477. The number of nitrogens with one attached hydrogen (secondary N) is 2. The number of hydrogen-bond donors (Lipinski definition) is 2. The number of halogens is 2. The molecule has 1 fully saturated rings. The van der Waals surface area contributed by atoms with Crippen LogP contribution < -0.4 is 10.6 Å². The molecule has 0 amide bonds. The largest absolute Gasteiger partial charge is 0.379 e. The summed E-state index contributed by atoms with van der Waals surface area (Å²) in [5.41, 5.74) is 0.253. The predicted molar refractivity (Wildman–Crippen MR) is 55.9 cm³/mol. The lowest BCUT2D eigenvalue weighted by Gasteiger charge is -2.24. The standard InChI is InChI=1S/C11H14F2N2/c12-8-3-4-10(13)11(6-8)15-9-2-1-5-14-7-9/h3-4,6,9,14-15H,1-2,5,7H2. The van der Waals surface area contributed by atoms with Gasteiger partial charge in [0.15, 0.2) is 0 Å². The predicted octanol–water partition coefficient (Wildman–Crippen LogP) is 2.13. The van der Waals surface area contributed by atoms with E-state index in [1.54, 1.807) is 0 Å². The maximum Gasteiger partial charge on any atom is 0.146 e. The van der Waals surface area contributed by atoms with Crippen LogP contribution in [0.4, 0.5) is 14.5 Å². The Hall–Kier alpha value is -1.16. The molecule has 0 saturated carbocycles. The maximum atomic E-state index is 13.3. The molecule has 1 unspecified atom stereocenters. The van der Waals surface area contributed by atoms with Gasteiger partial charge in [0.1, 0.15) is 11.6 Å². The summed E-state index contributed by atoms with van der Waals surface area (Å²) in [6, 6.07) is 3.66. The monoisotopic (exact) mass is 212 g/mol. The molecule has 2 N–H and O–H groups in total. The van der Waals surface area contributed by atoms with Gasteiger partial charge in [-0.15, -0.1) is 0 Å². The van der Waals surface area contributed by atoms with Crippen molar-refractivity contribution < 1.29 is 8.78 Å². The summed E-state index contributed by atoms with van der Waals surface area (Å²) in [4.78, 5) is 0. The Balaban J connectivity index is 2.05. The zero-order valence-electron chi connectivity index (χ0n) is 8.39. The van der Waals surface area contributed by atoms with Crippen LogP contribution in [0.3, 0.4) is 0 Å². The second-order valence-electron chi connectivity index (χ2n) is 3.81. The molecule has 4 heteroatoms. The first-order chi connectivity index (χ1) is 7.25. The van der Waals surface area contributed by atoms with Crippen LogP contribution in [0.2, 0.25) is 0 Å². The van der Waals surface area contributed by atoms with Crippen LogP contribution >= 0.6 is 0 Å². The summed E-state index contributed by atoms with van der Waals surface area (Å²) in [5.74, 6) is -0.815. The van der Waals surface area contributed by atoms with Crippen molar-refractivity contribution in [3.63, 3.8) is 0 Å². The highest BCUT2D eigenvalue weighted by Gasteiger charge is 2.14. The highest BCUT2D eigenvalue weighted by atomic mass is 19.1. The highest BCUT2D eigenvalue weighted by molar-refractivity contribution is 5.45. The summed E-state index contributed by atoms with van der Waals surface area (Å²) >= 11 is 0. The van der Waals surface area contributed by atoms with E-state index in [4.69, 9.17) is 0 Å². The zero-order valence-corrected chi connectivity index (χ0v) is 8.39. The molecule has 1 aromatic carbocycles. The number of rotatable bonds is 2. The molecule has 0 bridgehead atoms. The molecule has 1 aromatic rings. The van der Waals surface area contributed by atoms with E-state index in [9.17, 15) is 8.78 Å². The third kappa shape index (κ3) is 2.65.